The van der Waals surface area contributed by atoms with Gasteiger partial charge in [0.2, 0.25) is 0 Å². The van der Waals surface area contributed by atoms with E-state index in [1.807, 2.05) is 6.92 Å². The summed E-state index contributed by atoms with van der Waals surface area (Å²) < 4.78 is 37.5. The lowest BCUT2D eigenvalue weighted by molar-refractivity contribution is -0.0328. The molecular weight excluding hydrogens is 367 g/mol. The van der Waals surface area contributed by atoms with E-state index in [-0.39, 0.29) is 16.7 Å². The first-order valence-corrected chi connectivity index (χ1v) is 7.62. The summed E-state index contributed by atoms with van der Waals surface area (Å²) in [5.41, 5.74) is -3.62. The Labute approximate surface area is 132 Å². The summed E-state index contributed by atoms with van der Waals surface area (Å²) in [7, 11) is 0. The highest BCUT2D eigenvalue weighted by Gasteiger charge is 2.29. The van der Waals surface area contributed by atoms with Gasteiger partial charge in [-0.25, -0.2) is 9.97 Å². The Kier molecular flexibility index (Phi) is 5.10. The minimum atomic E-state index is -4.28. The summed E-state index contributed by atoms with van der Waals surface area (Å²) in [4.78, 5) is 8.64. The number of nitrogens with one attached hydrogen (secondary N) is 1. The van der Waals surface area contributed by atoms with E-state index in [2.05, 4.69) is 31.2 Å². The molecule has 112 valence electrons. The molecule has 3 nitrogen and oxygen atoms in total. The Balaban J connectivity index is 2.24. The van der Waals surface area contributed by atoms with Crippen molar-refractivity contribution in [1.29, 1.82) is 0 Å². The normalized spacial score (nSPS) is 11.5. The number of hydrogen-bond donors (Lipinski definition) is 1. The molecule has 0 spiro atoms. The van der Waals surface area contributed by atoms with Crippen molar-refractivity contribution in [2.45, 2.75) is 17.3 Å². The van der Waals surface area contributed by atoms with Gasteiger partial charge < -0.3 is 5.32 Å². The molecule has 0 saturated heterocycles. The zero-order valence-electron chi connectivity index (χ0n) is 10.9. The number of thioether (sulfide) groups is 1. The first kappa shape index (κ1) is 16.1. The van der Waals surface area contributed by atoms with E-state index in [9.17, 15) is 13.2 Å². The maximum Gasteiger partial charge on any atom is 0.446 e. The molecule has 21 heavy (non-hydrogen) atoms. The van der Waals surface area contributed by atoms with E-state index in [1.54, 1.807) is 18.3 Å². The standard InChI is InChI=1S/C13H11BrF3N3S/c1-2-18-12-10(14)7-19-11(20-12)8-3-5-9(6-4-8)21-13(15,16)17/h3-7H,2H2,1H3,(H,18,19,20). The van der Waals surface area contributed by atoms with Crippen molar-refractivity contribution in [3.8, 4) is 11.4 Å². The molecule has 1 aromatic heterocycles. The van der Waals surface area contributed by atoms with Crippen LogP contribution in [-0.4, -0.2) is 22.0 Å². The summed E-state index contributed by atoms with van der Waals surface area (Å²) in [5, 5.41) is 3.08. The van der Waals surface area contributed by atoms with Gasteiger partial charge in [0, 0.05) is 23.2 Å². The van der Waals surface area contributed by atoms with Gasteiger partial charge in [0.25, 0.3) is 0 Å². The van der Waals surface area contributed by atoms with E-state index >= 15 is 0 Å². The van der Waals surface area contributed by atoms with Crippen molar-refractivity contribution < 1.29 is 13.2 Å². The van der Waals surface area contributed by atoms with Gasteiger partial charge in [0.1, 0.15) is 5.82 Å². The molecule has 1 aromatic carbocycles. The number of anilines is 1. The number of rotatable bonds is 4. The zero-order chi connectivity index (χ0) is 15.5. The van der Waals surface area contributed by atoms with Gasteiger partial charge in [0.15, 0.2) is 5.82 Å². The van der Waals surface area contributed by atoms with Crippen molar-refractivity contribution in [2.75, 3.05) is 11.9 Å². The molecular formula is C13H11BrF3N3S. The summed E-state index contributed by atoms with van der Waals surface area (Å²) in [6.07, 6.45) is 1.61. The Bertz CT molecular complexity index is 617. The summed E-state index contributed by atoms with van der Waals surface area (Å²) in [6, 6.07) is 5.97. The van der Waals surface area contributed by atoms with Gasteiger partial charge in [-0.15, -0.1) is 0 Å². The van der Waals surface area contributed by atoms with Crippen LogP contribution in [0.25, 0.3) is 11.4 Å². The lowest BCUT2D eigenvalue weighted by Crippen LogP contribution is -2.02. The second-order valence-corrected chi connectivity index (χ2v) is 5.99. The Morgan fingerprint density at radius 2 is 1.90 bits per heavy atom. The van der Waals surface area contributed by atoms with Crippen LogP contribution in [0.5, 0.6) is 0 Å². The molecule has 1 N–H and O–H groups in total. The number of aromatic nitrogens is 2. The third-order valence-corrected chi connectivity index (χ3v) is 3.75. The van der Waals surface area contributed by atoms with Crippen molar-refractivity contribution in [3.05, 3.63) is 34.9 Å². The molecule has 0 atom stereocenters. The summed E-state index contributed by atoms with van der Waals surface area (Å²) in [6.45, 7) is 2.65. The molecule has 0 saturated carbocycles. The van der Waals surface area contributed by atoms with Crippen LogP contribution in [0, 0.1) is 0 Å². The number of benzene rings is 1. The fourth-order valence-corrected chi connectivity index (χ4v) is 2.47. The molecule has 0 aliphatic rings. The maximum absolute atomic E-state index is 12.3. The molecule has 8 heteroatoms. The minimum absolute atomic E-state index is 0.135. The molecule has 2 aromatic rings. The molecule has 0 aliphatic carbocycles. The first-order valence-electron chi connectivity index (χ1n) is 6.01. The van der Waals surface area contributed by atoms with E-state index < -0.39 is 5.51 Å². The molecule has 2 rings (SSSR count). The fourth-order valence-electron chi connectivity index (χ4n) is 1.60. The van der Waals surface area contributed by atoms with Crippen molar-refractivity contribution in [2.24, 2.45) is 0 Å². The number of hydrogen-bond acceptors (Lipinski definition) is 4. The first-order chi connectivity index (χ1) is 9.89. The largest absolute Gasteiger partial charge is 0.446 e. The zero-order valence-corrected chi connectivity index (χ0v) is 13.3. The van der Waals surface area contributed by atoms with Crippen LogP contribution >= 0.6 is 27.7 Å². The van der Waals surface area contributed by atoms with Crippen molar-refractivity contribution in [1.82, 2.24) is 9.97 Å². The maximum atomic E-state index is 12.3. The molecule has 0 aliphatic heterocycles. The Hall–Kier alpha value is -1.28. The number of alkyl halides is 3. The van der Waals surface area contributed by atoms with Crippen molar-refractivity contribution >= 4 is 33.5 Å². The average Bonchev–Trinajstić information content (AvgIpc) is 2.41. The van der Waals surface area contributed by atoms with E-state index in [4.69, 9.17) is 0 Å². The third-order valence-electron chi connectivity index (χ3n) is 2.43. The van der Waals surface area contributed by atoms with Crippen LogP contribution in [-0.2, 0) is 0 Å². The van der Waals surface area contributed by atoms with Crippen LogP contribution < -0.4 is 5.32 Å². The van der Waals surface area contributed by atoms with Gasteiger partial charge >= 0.3 is 5.51 Å². The molecule has 0 fully saturated rings. The number of halogens is 4. The SMILES string of the molecule is CCNc1nc(-c2ccc(SC(F)(F)F)cc2)ncc1Br. The lowest BCUT2D eigenvalue weighted by atomic mass is 10.2. The summed E-state index contributed by atoms with van der Waals surface area (Å²) in [5.74, 6) is 1.11. The van der Waals surface area contributed by atoms with Crippen LogP contribution in [0.1, 0.15) is 6.92 Å². The summed E-state index contributed by atoms with van der Waals surface area (Å²) >= 11 is 3.19. The predicted octanol–water partition coefficient (Wildman–Crippen LogP) is 4.95. The van der Waals surface area contributed by atoms with Crippen molar-refractivity contribution in [3.63, 3.8) is 0 Å². The van der Waals surface area contributed by atoms with Gasteiger partial charge in [-0.05, 0) is 46.7 Å². The molecule has 1 heterocycles. The van der Waals surface area contributed by atoms with Crippen LogP contribution in [0.2, 0.25) is 0 Å². The third kappa shape index (κ3) is 4.60. The quantitative estimate of drug-likeness (QED) is 0.764. The predicted molar refractivity (Wildman–Crippen MR) is 81.2 cm³/mol. The second-order valence-electron chi connectivity index (χ2n) is 3.99. The second kappa shape index (κ2) is 6.65. The smallest absolute Gasteiger partial charge is 0.369 e. The van der Waals surface area contributed by atoms with Crippen LogP contribution in [0.15, 0.2) is 39.8 Å². The highest BCUT2D eigenvalue weighted by molar-refractivity contribution is 9.10. The average molecular weight is 378 g/mol. The van der Waals surface area contributed by atoms with Gasteiger partial charge in [0.05, 0.1) is 4.47 Å². The van der Waals surface area contributed by atoms with Gasteiger partial charge in [-0.1, -0.05) is 12.1 Å². The van der Waals surface area contributed by atoms with Gasteiger partial charge in [-0.3, -0.25) is 0 Å². The topological polar surface area (TPSA) is 37.8 Å². The Morgan fingerprint density at radius 3 is 2.48 bits per heavy atom. The highest BCUT2D eigenvalue weighted by Crippen LogP contribution is 2.37. The molecule has 0 amide bonds. The lowest BCUT2D eigenvalue weighted by Gasteiger charge is -2.08. The van der Waals surface area contributed by atoms with E-state index in [1.165, 1.54) is 12.1 Å². The van der Waals surface area contributed by atoms with Crippen LogP contribution in [0.3, 0.4) is 0 Å². The molecule has 0 bridgehead atoms. The van der Waals surface area contributed by atoms with E-state index in [0.717, 1.165) is 4.47 Å². The monoisotopic (exact) mass is 377 g/mol. The number of nitrogens with zero attached hydrogens (tertiary/aromatic N) is 2. The fraction of sp³-hybridized carbons (Fsp3) is 0.231. The van der Waals surface area contributed by atoms with Crippen LogP contribution in [0.4, 0.5) is 19.0 Å². The molecule has 0 unspecified atom stereocenters. The minimum Gasteiger partial charge on any atom is -0.369 e. The van der Waals surface area contributed by atoms with E-state index in [0.29, 0.717) is 23.8 Å². The highest BCUT2D eigenvalue weighted by atomic mass is 79.9. The Morgan fingerprint density at radius 1 is 1.24 bits per heavy atom. The molecule has 0 radical (unpaired) electrons. The van der Waals surface area contributed by atoms with Gasteiger partial charge in [-0.2, -0.15) is 13.2 Å².